The number of nitrogens with one attached hydrogen (secondary N) is 1. The predicted octanol–water partition coefficient (Wildman–Crippen LogP) is 4.77. The van der Waals surface area contributed by atoms with Crippen LogP contribution in [0.4, 0.5) is 4.39 Å². The molecule has 0 spiro atoms. The van der Waals surface area contributed by atoms with Gasteiger partial charge >= 0.3 is 0 Å². The lowest BCUT2D eigenvalue weighted by Crippen LogP contribution is -2.26. The van der Waals surface area contributed by atoms with Crippen LogP contribution in [0.2, 0.25) is 5.02 Å². The number of hydrogen-bond acceptors (Lipinski definition) is 3. The van der Waals surface area contributed by atoms with E-state index in [4.69, 9.17) is 21.1 Å². The van der Waals surface area contributed by atoms with Gasteiger partial charge in [0, 0.05) is 5.56 Å². The van der Waals surface area contributed by atoms with E-state index < -0.39 is 5.82 Å². The molecule has 0 aliphatic heterocycles. The van der Waals surface area contributed by atoms with Crippen molar-refractivity contribution in [1.29, 1.82) is 0 Å². The zero-order chi connectivity index (χ0) is 18.4. The van der Waals surface area contributed by atoms with Crippen LogP contribution >= 0.6 is 11.6 Å². The van der Waals surface area contributed by atoms with Crippen molar-refractivity contribution < 1.29 is 18.7 Å². The summed E-state index contributed by atoms with van der Waals surface area (Å²) < 4.78 is 24.3. The Labute approximate surface area is 151 Å². The molecule has 0 aromatic heterocycles. The van der Waals surface area contributed by atoms with Crippen molar-refractivity contribution in [3.8, 4) is 11.5 Å². The van der Waals surface area contributed by atoms with E-state index in [-0.39, 0.29) is 17.0 Å². The summed E-state index contributed by atoms with van der Waals surface area (Å²) >= 11 is 5.80. The molecule has 0 fully saturated rings. The van der Waals surface area contributed by atoms with Crippen LogP contribution in [0.15, 0.2) is 36.4 Å². The standard InChI is InChI=1S/C19H21ClFNO3/c1-4-24-17-9-7-14(11-18(17)25-5-2)19(23)22-12(3)13-6-8-16(21)15(20)10-13/h6-12H,4-5H2,1-3H3,(H,22,23). The monoisotopic (exact) mass is 365 g/mol. The number of halogens is 2. The molecule has 2 rings (SSSR count). The molecule has 6 heteroatoms. The van der Waals surface area contributed by atoms with Gasteiger partial charge in [-0.1, -0.05) is 17.7 Å². The van der Waals surface area contributed by atoms with Gasteiger partial charge in [-0.2, -0.15) is 0 Å². The van der Waals surface area contributed by atoms with E-state index in [0.717, 1.165) is 5.56 Å². The molecule has 0 bridgehead atoms. The van der Waals surface area contributed by atoms with Gasteiger partial charge in [0.15, 0.2) is 11.5 Å². The van der Waals surface area contributed by atoms with Crippen LogP contribution in [0.3, 0.4) is 0 Å². The molecule has 134 valence electrons. The maximum atomic E-state index is 13.3. The molecule has 1 N–H and O–H groups in total. The summed E-state index contributed by atoms with van der Waals surface area (Å²) in [5.74, 6) is 0.363. The second-order valence-electron chi connectivity index (χ2n) is 5.40. The Kier molecular flexibility index (Phi) is 6.65. The van der Waals surface area contributed by atoms with E-state index in [1.165, 1.54) is 12.1 Å². The van der Waals surface area contributed by atoms with Crippen molar-refractivity contribution in [3.63, 3.8) is 0 Å². The van der Waals surface area contributed by atoms with Crippen LogP contribution in [0.5, 0.6) is 11.5 Å². The van der Waals surface area contributed by atoms with Crippen molar-refractivity contribution >= 4 is 17.5 Å². The molecule has 1 atom stereocenters. The Morgan fingerprint density at radius 2 is 1.80 bits per heavy atom. The summed E-state index contributed by atoms with van der Waals surface area (Å²) in [5.41, 5.74) is 1.17. The van der Waals surface area contributed by atoms with E-state index in [1.807, 2.05) is 13.8 Å². The van der Waals surface area contributed by atoms with Crippen LogP contribution in [0, 0.1) is 5.82 Å². The molecule has 4 nitrogen and oxygen atoms in total. The third-order valence-corrected chi connectivity index (χ3v) is 3.89. The lowest BCUT2D eigenvalue weighted by atomic mass is 10.1. The number of amides is 1. The highest BCUT2D eigenvalue weighted by Crippen LogP contribution is 2.29. The molecule has 0 saturated heterocycles. The zero-order valence-electron chi connectivity index (χ0n) is 14.4. The van der Waals surface area contributed by atoms with E-state index in [1.54, 1.807) is 31.2 Å². The maximum absolute atomic E-state index is 13.3. The summed E-state index contributed by atoms with van der Waals surface area (Å²) in [6, 6.07) is 9.09. The molecule has 1 unspecified atom stereocenters. The van der Waals surface area contributed by atoms with Gasteiger partial charge < -0.3 is 14.8 Å². The van der Waals surface area contributed by atoms with Crippen LogP contribution in [-0.4, -0.2) is 19.1 Å². The lowest BCUT2D eigenvalue weighted by Gasteiger charge is -2.16. The summed E-state index contributed by atoms with van der Waals surface area (Å²) in [4.78, 5) is 12.5. The number of hydrogen-bond donors (Lipinski definition) is 1. The summed E-state index contributed by atoms with van der Waals surface area (Å²) in [6.07, 6.45) is 0. The SMILES string of the molecule is CCOc1ccc(C(=O)NC(C)c2ccc(F)c(Cl)c2)cc1OCC. The largest absolute Gasteiger partial charge is 0.490 e. The fourth-order valence-electron chi connectivity index (χ4n) is 2.34. The fourth-order valence-corrected chi connectivity index (χ4v) is 2.53. The molecule has 0 aliphatic rings. The third kappa shape index (κ3) is 4.86. The third-order valence-electron chi connectivity index (χ3n) is 3.60. The second kappa shape index (κ2) is 8.72. The van der Waals surface area contributed by atoms with E-state index in [0.29, 0.717) is 30.3 Å². The first-order chi connectivity index (χ1) is 12.0. The van der Waals surface area contributed by atoms with Crippen molar-refractivity contribution in [2.75, 3.05) is 13.2 Å². The Bertz CT molecular complexity index is 751. The first kappa shape index (κ1) is 19.1. The Morgan fingerprint density at radius 1 is 1.12 bits per heavy atom. The van der Waals surface area contributed by atoms with Gasteiger partial charge in [0.1, 0.15) is 5.82 Å². The topological polar surface area (TPSA) is 47.6 Å². The molecule has 0 radical (unpaired) electrons. The van der Waals surface area contributed by atoms with Crippen LogP contribution in [-0.2, 0) is 0 Å². The predicted molar refractivity (Wildman–Crippen MR) is 96.1 cm³/mol. The number of carbonyl (C=O) groups is 1. The first-order valence-corrected chi connectivity index (χ1v) is 8.49. The van der Waals surface area contributed by atoms with Gasteiger partial charge in [0.2, 0.25) is 0 Å². The average molecular weight is 366 g/mol. The van der Waals surface area contributed by atoms with Crippen molar-refractivity contribution in [1.82, 2.24) is 5.32 Å². The first-order valence-electron chi connectivity index (χ1n) is 8.11. The zero-order valence-corrected chi connectivity index (χ0v) is 15.2. The summed E-state index contributed by atoms with van der Waals surface area (Å²) in [7, 11) is 0. The number of ether oxygens (including phenoxy) is 2. The second-order valence-corrected chi connectivity index (χ2v) is 5.80. The molecule has 2 aromatic carbocycles. The highest BCUT2D eigenvalue weighted by molar-refractivity contribution is 6.30. The Hall–Kier alpha value is -2.27. The molecule has 0 aliphatic carbocycles. The average Bonchev–Trinajstić information content (AvgIpc) is 2.59. The number of carbonyl (C=O) groups excluding carboxylic acids is 1. The van der Waals surface area contributed by atoms with Gasteiger partial charge in [-0.25, -0.2) is 4.39 Å². The molecule has 0 heterocycles. The van der Waals surface area contributed by atoms with Gasteiger partial charge in [0.25, 0.3) is 5.91 Å². The van der Waals surface area contributed by atoms with Gasteiger partial charge in [-0.05, 0) is 56.7 Å². The quantitative estimate of drug-likeness (QED) is 0.769. The van der Waals surface area contributed by atoms with E-state index in [9.17, 15) is 9.18 Å². The van der Waals surface area contributed by atoms with Gasteiger partial charge in [-0.3, -0.25) is 4.79 Å². The van der Waals surface area contributed by atoms with Crippen molar-refractivity contribution in [3.05, 3.63) is 58.4 Å². The fraction of sp³-hybridized carbons (Fsp3) is 0.316. The minimum atomic E-state index is -0.489. The molecular weight excluding hydrogens is 345 g/mol. The normalized spacial score (nSPS) is 11.7. The molecular formula is C19H21ClFNO3. The molecule has 2 aromatic rings. The molecule has 1 amide bonds. The lowest BCUT2D eigenvalue weighted by molar-refractivity contribution is 0.0939. The highest BCUT2D eigenvalue weighted by atomic mass is 35.5. The van der Waals surface area contributed by atoms with Crippen LogP contribution in [0.25, 0.3) is 0 Å². The van der Waals surface area contributed by atoms with Gasteiger partial charge in [-0.15, -0.1) is 0 Å². The van der Waals surface area contributed by atoms with E-state index in [2.05, 4.69) is 5.32 Å². The highest BCUT2D eigenvalue weighted by Gasteiger charge is 2.15. The van der Waals surface area contributed by atoms with Crippen molar-refractivity contribution in [2.24, 2.45) is 0 Å². The smallest absolute Gasteiger partial charge is 0.251 e. The van der Waals surface area contributed by atoms with Crippen LogP contribution in [0.1, 0.15) is 42.7 Å². The number of benzene rings is 2. The maximum Gasteiger partial charge on any atom is 0.251 e. The number of rotatable bonds is 7. The Balaban J connectivity index is 2.16. The Morgan fingerprint density at radius 3 is 2.44 bits per heavy atom. The molecule has 0 saturated carbocycles. The minimum Gasteiger partial charge on any atom is -0.490 e. The van der Waals surface area contributed by atoms with Crippen molar-refractivity contribution in [2.45, 2.75) is 26.8 Å². The molecule has 25 heavy (non-hydrogen) atoms. The summed E-state index contributed by atoms with van der Waals surface area (Å²) in [5, 5.41) is 2.89. The van der Waals surface area contributed by atoms with Gasteiger partial charge in [0.05, 0.1) is 24.3 Å². The summed E-state index contributed by atoms with van der Waals surface area (Å²) in [6.45, 7) is 6.53. The van der Waals surface area contributed by atoms with Crippen LogP contribution < -0.4 is 14.8 Å². The van der Waals surface area contributed by atoms with E-state index >= 15 is 0 Å². The minimum absolute atomic E-state index is 0.0262.